The summed E-state index contributed by atoms with van der Waals surface area (Å²) in [7, 11) is -3.30. The molecule has 0 amide bonds. The molecule has 0 radical (unpaired) electrons. The molecule has 72 valence electrons. The van der Waals surface area contributed by atoms with Crippen molar-refractivity contribution in [3.8, 4) is 0 Å². The molecule has 2 N–H and O–H groups in total. The SMILES string of the molecule is CCOP(=O)(O)C[C@@H]1CCCN1. The Morgan fingerprint density at radius 2 is 2.50 bits per heavy atom. The highest BCUT2D eigenvalue weighted by Crippen LogP contribution is 2.43. The van der Waals surface area contributed by atoms with Gasteiger partial charge in [-0.3, -0.25) is 4.57 Å². The van der Waals surface area contributed by atoms with Gasteiger partial charge >= 0.3 is 7.60 Å². The van der Waals surface area contributed by atoms with Crippen molar-refractivity contribution in [2.75, 3.05) is 19.3 Å². The van der Waals surface area contributed by atoms with Gasteiger partial charge in [-0.05, 0) is 26.3 Å². The molecule has 1 saturated heterocycles. The molecular formula is C7H16NO3P. The first-order chi connectivity index (χ1) is 5.64. The van der Waals surface area contributed by atoms with E-state index in [4.69, 9.17) is 4.52 Å². The first-order valence-electron chi connectivity index (χ1n) is 4.34. The maximum Gasteiger partial charge on any atom is 0.329 e. The fourth-order valence-electron chi connectivity index (χ4n) is 1.45. The Kier molecular flexibility index (Phi) is 3.72. The molecule has 5 heteroatoms. The Labute approximate surface area is 72.8 Å². The molecule has 1 fully saturated rings. The predicted octanol–water partition coefficient (Wildman–Crippen LogP) is 0.960. The van der Waals surface area contributed by atoms with Crippen LogP contribution < -0.4 is 5.32 Å². The average molecular weight is 193 g/mol. The smallest absolute Gasteiger partial charge is 0.324 e. The molecule has 1 rings (SSSR count). The van der Waals surface area contributed by atoms with Gasteiger partial charge in [0, 0.05) is 6.04 Å². The molecule has 0 spiro atoms. The summed E-state index contributed by atoms with van der Waals surface area (Å²) in [5.74, 6) is 0. The largest absolute Gasteiger partial charge is 0.329 e. The molecule has 1 aliphatic heterocycles. The van der Waals surface area contributed by atoms with Crippen LogP contribution in [-0.2, 0) is 9.09 Å². The fourth-order valence-corrected chi connectivity index (χ4v) is 2.82. The van der Waals surface area contributed by atoms with E-state index in [1.807, 2.05) is 0 Å². The van der Waals surface area contributed by atoms with E-state index in [-0.39, 0.29) is 12.2 Å². The van der Waals surface area contributed by atoms with Crippen molar-refractivity contribution in [2.45, 2.75) is 25.8 Å². The van der Waals surface area contributed by atoms with Crippen molar-refractivity contribution >= 4 is 7.60 Å². The van der Waals surface area contributed by atoms with Gasteiger partial charge in [-0.2, -0.15) is 0 Å². The van der Waals surface area contributed by atoms with E-state index in [0.717, 1.165) is 19.4 Å². The van der Waals surface area contributed by atoms with Gasteiger partial charge < -0.3 is 14.7 Å². The molecule has 0 bridgehead atoms. The van der Waals surface area contributed by atoms with E-state index < -0.39 is 7.60 Å². The van der Waals surface area contributed by atoms with Gasteiger partial charge in [-0.25, -0.2) is 0 Å². The summed E-state index contributed by atoms with van der Waals surface area (Å²) in [6, 6.07) is 0.174. The summed E-state index contributed by atoms with van der Waals surface area (Å²) in [5, 5.41) is 3.16. The number of hydrogen-bond donors (Lipinski definition) is 2. The van der Waals surface area contributed by atoms with Gasteiger partial charge in [-0.15, -0.1) is 0 Å². The van der Waals surface area contributed by atoms with Crippen LogP contribution in [0.1, 0.15) is 19.8 Å². The minimum Gasteiger partial charge on any atom is -0.324 e. The third-order valence-corrected chi connectivity index (χ3v) is 3.51. The molecule has 0 saturated carbocycles. The van der Waals surface area contributed by atoms with E-state index in [2.05, 4.69) is 5.32 Å². The second-order valence-corrected chi connectivity index (χ2v) is 4.93. The molecule has 1 unspecified atom stereocenters. The first-order valence-corrected chi connectivity index (χ1v) is 6.10. The van der Waals surface area contributed by atoms with Crippen LogP contribution in [0.2, 0.25) is 0 Å². The van der Waals surface area contributed by atoms with Crippen molar-refractivity contribution in [1.82, 2.24) is 5.32 Å². The summed E-state index contributed by atoms with van der Waals surface area (Å²) in [6.07, 6.45) is 2.33. The molecule has 0 aromatic rings. The molecule has 0 aliphatic carbocycles. The van der Waals surface area contributed by atoms with Crippen LogP contribution in [0, 0.1) is 0 Å². The second kappa shape index (κ2) is 4.38. The van der Waals surface area contributed by atoms with Crippen LogP contribution in [-0.4, -0.2) is 30.2 Å². The summed E-state index contributed by atoms with van der Waals surface area (Å²) in [4.78, 5) is 9.27. The number of rotatable bonds is 4. The van der Waals surface area contributed by atoms with Crippen LogP contribution in [0.25, 0.3) is 0 Å². The van der Waals surface area contributed by atoms with E-state index in [0.29, 0.717) is 6.61 Å². The lowest BCUT2D eigenvalue weighted by Crippen LogP contribution is -2.25. The third kappa shape index (κ3) is 3.23. The highest BCUT2D eigenvalue weighted by Gasteiger charge is 2.26. The lowest BCUT2D eigenvalue weighted by Gasteiger charge is -2.15. The quantitative estimate of drug-likeness (QED) is 0.653. The minimum absolute atomic E-state index is 0.174. The van der Waals surface area contributed by atoms with Gasteiger partial charge in [0.25, 0.3) is 0 Å². The lowest BCUT2D eigenvalue weighted by atomic mass is 10.3. The van der Waals surface area contributed by atoms with Crippen molar-refractivity contribution in [3.05, 3.63) is 0 Å². The predicted molar refractivity (Wildman–Crippen MR) is 47.3 cm³/mol. The zero-order chi connectivity index (χ0) is 9.03. The van der Waals surface area contributed by atoms with Gasteiger partial charge in [-0.1, -0.05) is 0 Å². The van der Waals surface area contributed by atoms with Crippen LogP contribution in [0.4, 0.5) is 0 Å². The number of hydrogen-bond acceptors (Lipinski definition) is 3. The Hall–Kier alpha value is 0.110. The van der Waals surface area contributed by atoms with E-state index in [9.17, 15) is 9.46 Å². The Morgan fingerprint density at radius 1 is 1.75 bits per heavy atom. The summed E-state index contributed by atoms with van der Waals surface area (Å²) >= 11 is 0. The van der Waals surface area contributed by atoms with Crippen molar-refractivity contribution in [2.24, 2.45) is 0 Å². The average Bonchev–Trinajstić information content (AvgIpc) is 2.38. The van der Waals surface area contributed by atoms with Crippen LogP contribution in [0.3, 0.4) is 0 Å². The maximum absolute atomic E-state index is 11.3. The second-order valence-electron chi connectivity index (χ2n) is 3.03. The molecule has 1 heterocycles. The number of nitrogens with one attached hydrogen (secondary N) is 1. The Bertz CT molecular complexity index is 179. The summed E-state index contributed by atoms with van der Waals surface area (Å²) in [6.45, 7) is 2.99. The molecule has 2 atom stereocenters. The molecular weight excluding hydrogens is 177 g/mol. The maximum atomic E-state index is 11.3. The standard InChI is InChI=1S/C7H16NO3P/c1-2-11-12(9,10)6-7-4-3-5-8-7/h7-8H,2-6H2,1H3,(H,9,10)/t7-/m0/s1. The van der Waals surface area contributed by atoms with Crippen molar-refractivity contribution in [1.29, 1.82) is 0 Å². The van der Waals surface area contributed by atoms with Gasteiger partial charge in [0.2, 0.25) is 0 Å². The van der Waals surface area contributed by atoms with Crippen LogP contribution in [0.15, 0.2) is 0 Å². The molecule has 0 aromatic carbocycles. The van der Waals surface area contributed by atoms with Gasteiger partial charge in [0.05, 0.1) is 12.8 Å². The van der Waals surface area contributed by atoms with Gasteiger partial charge in [0.1, 0.15) is 0 Å². The van der Waals surface area contributed by atoms with Gasteiger partial charge in [0.15, 0.2) is 0 Å². The highest BCUT2D eigenvalue weighted by molar-refractivity contribution is 7.52. The van der Waals surface area contributed by atoms with E-state index in [1.165, 1.54) is 0 Å². The minimum atomic E-state index is -3.30. The zero-order valence-electron chi connectivity index (χ0n) is 7.32. The molecule has 0 aromatic heterocycles. The Morgan fingerprint density at radius 3 is 3.00 bits per heavy atom. The normalized spacial score (nSPS) is 28.7. The molecule has 4 nitrogen and oxygen atoms in total. The lowest BCUT2D eigenvalue weighted by molar-refractivity contribution is 0.270. The van der Waals surface area contributed by atoms with E-state index in [1.54, 1.807) is 6.92 Å². The molecule has 12 heavy (non-hydrogen) atoms. The van der Waals surface area contributed by atoms with Crippen molar-refractivity contribution < 1.29 is 14.0 Å². The fraction of sp³-hybridized carbons (Fsp3) is 1.00. The van der Waals surface area contributed by atoms with Crippen LogP contribution >= 0.6 is 7.60 Å². The Balaban J connectivity index is 2.32. The summed E-state index contributed by atoms with van der Waals surface area (Å²) < 4.78 is 16.0. The highest BCUT2D eigenvalue weighted by atomic mass is 31.2. The first kappa shape index (κ1) is 10.2. The molecule has 1 aliphatic rings. The van der Waals surface area contributed by atoms with Crippen LogP contribution in [0.5, 0.6) is 0 Å². The topological polar surface area (TPSA) is 58.6 Å². The monoisotopic (exact) mass is 193 g/mol. The van der Waals surface area contributed by atoms with Crippen molar-refractivity contribution in [3.63, 3.8) is 0 Å². The summed E-state index contributed by atoms with van der Waals surface area (Å²) in [5.41, 5.74) is 0. The third-order valence-electron chi connectivity index (χ3n) is 1.94. The van der Waals surface area contributed by atoms with E-state index >= 15 is 0 Å². The zero-order valence-corrected chi connectivity index (χ0v) is 8.22.